The summed E-state index contributed by atoms with van der Waals surface area (Å²) in [6, 6.07) is 6.31. The van der Waals surface area contributed by atoms with Gasteiger partial charge < -0.3 is 10.1 Å². The van der Waals surface area contributed by atoms with Crippen LogP contribution in [0.3, 0.4) is 0 Å². The summed E-state index contributed by atoms with van der Waals surface area (Å²) in [5.41, 5.74) is 2.38. The highest BCUT2D eigenvalue weighted by atomic mass is 32.1. The number of anilines is 1. The van der Waals surface area contributed by atoms with E-state index in [0.29, 0.717) is 15.9 Å². The van der Waals surface area contributed by atoms with Crippen molar-refractivity contribution in [3.8, 4) is 0 Å². The van der Waals surface area contributed by atoms with Crippen LogP contribution in [0.2, 0.25) is 0 Å². The highest BCUT2D eigenvalue weighted by Crippen LogP contribution is 2.14. The van der Waals surface area contributed by atoms with E-state index in [1.54, 1.807) is 23.6 Å². The van der Waals surface area contributed by atoms with Crippen LogP contribution in [0.25, 0.3) is 10.2 Å². The van der Waals surface area contributed by atoms with Gasteiger partial charge >= 0.3 is 12.0 Å². The van der Waals surface area contributed by atoms with Gasteiger partial charge in [-0.3, -0.25) is 24.3 Å². The first-order chi connectivity index (χ1) is 14.3. The Kier molecular flexibility index (Phi) is 6.58. The van der Waals surface area contributed by atoms with E-state index < -0.39 is 24.5 Å². The van der Waals surface area contributed by atoms with Crippen molar-refractivity contribution < 1.29 is 19.1 Å². The van der Waals surface area contributed by atoms with E-state index in [-0.39, 0.29) is 18.5 Å². The summed E-state index contributed by atoms with van der Waals surface area (Å²) < 4.78 is 6.17. The van der Waals surface area contributed by atoms with Gasteiger partial charge in [-0.05, 0) is 48.6 Å². The third-order valence-corrected chi connectivity index (χ3v) is 5.21. The van der Waals surface area contributed by atoms with Gasteiger partial charge in [-0.25, -0.2) is 9.78 Å². The average Bonchev–Trinajstić information content (AvgIpc) is 3.18. The van der Waals surface area contributed by atoms with Crippen molar-refractivity contribution in [1.29, 1.82) is 0 Å². The van der Waals surface area contributed by atoms with Crippen LogP contribution in [0.4, 0.5) is 10.5 Å². The maximum Gasteiger partial charge on any atom is 0.325 e. The van der Waals surface area contributed by atoms with Gasteiger partial charge in [0.25, 0.3) is 11.5 Å². The van der Waals surface area contributed by atoms with E-state index in [4.69, 9.17) is 4.74 Å². The lowest BCUT2D eigenvalue weighted by Crippen LogP contribution is -2.37. The summed E-state index contributed by atoms with van der Waals surface area (Å²) >= 11 is 1.36. The van der Waals surface area contributed by atoms with Crippen molar-refractivity contribution in [3.05, 3.63) is 57.5 Å². The number of hydrogen-bond acceptors (Lipinski definition) is 7. The van der Waals surface area contributed by atoms with Gasteiger partial charge in [0.15, 0.2) is 6.61 Å². The number of hydrogen-bond donors (Lipinski definition) is 2. The molecule has 10 heteroatoms. The third-order valence-electron chi connectivity index (χ3n) is 4.39. The Balaban J connectivity index is 1.43. The van der Waals surface area contributed by atoms with Crippen LogP contribution in [0.5, 0.6) is 0 Å². The number of benzene rings is 1. The number of aryl methyl sites for hydroxylation is 3. The number of carbonyl (C=O) groups excluding carboxylic acids is 3. The summed E-state index contributed by atoms with van der Waals surface area (Å²) in [7, 11) is 0. The smallest absolute Gasteiger partial charge is 0.325 e. The van der Waals surface area contributed by atoms with Crippen LogP contribution in [-0.4, -0.2) is 34.1 Å². The molecule has 3 amide bonds. The molecule has 156 valence electrons. The van der Waals surface area contributed by atoms with E-state index in [1.807, 2.05) is 19.9 Å². The molecule has 0 aliphatic carbocycles. The first-order valence-corrected chi connectivity index (χ1v) is 9.98. The number of aromatic nitrogens is 2. The molecule has 0 saturated heterocycles. The highest BCUT2D eigenvalue weighted by molar-refractivity contribution is 7.16. The molecule has 0 aliphatic rings. The molecular weight excluding hydrogens is 408 g/mol. The van der Waals surface area contributed by atoms with Crippen molar-refractivity contribution in [2.75, 3.05) is 11.9 Å². The van der Waals surface area contributed by atoms with Crippen LogP contribution in [0.15, 0.2) is 40.8 Å². The van der Waals surface area contributed by atoms with Crippen molar-refractivity contribution in [3.63, 3.8) is 0 Å². The molecule has 3 rings (SSSR count). The van der Waals surface area contributed by atoms with E-state index in [2.05, 4.69) is 15.6 Å². The number of rotatable bonds is 6. The van der Waals surface area contributed by atoms with Gasteiger partial charge in [0.2, 0.25) is 0 Å². The Hall–Kier alpha value is -3.53. The van der Waals surface area contributed by atoms with E-state index in [1.165, 1.54) is 22.2 Å². The topological polar surface area (TPSA) is 119 Å². The maximum absolute atomic E-state index is 12.2. The molecule has 0 aliphatic heterocycles. The van der Waals surface area contributed by atoms with Gasteiger partial charge in [-0.2, -0.15) is 0 Å². The first kappa shape index (κ1) is 21.2. The molecule has 1 aromatic carbocycles. The number of ether oxygens (including phenoxy) is 1. The molecule has 0 fully saturated rings. The van der Waals surface area contributed by atoms with E-state index in [0.717, 1.165) is 11.1 Å². The van der Waals surface area contributed by atoms with Crippen molar-refractivity contribution >= 4 is 45.1 Å². The van der Waals surface area contributed by atoms with Crippen molar-refractivity contribution in [2.24, 2.45) is 0 Å². The number of nitrogens with zero attached hydrogens (tertiary/aromatic N) is 2. The second kappa shape index (κ2) is 9.31. The molecule has 2 N–H and O–H groups in total. The Morgan fingerprint density at radius 1 is 1.17 bits per heavy atom. The predicted molar refractivity (Wildman–Crippen MR) is 113 cm³/mol. The summed E-state index contributed by atoms with van der Waals surface area (Å²) in [4.78, 5) is 52.6. The highest BCUT2D eigenvalue weighted by Gasteiger charge is 2.12. The fourth-order valence-corrected chi connectivity index (χ4v) is 3.35. The number of fused-ring (bicyclic) bond motifs is 1. The van der Waals surface area contributed by atoms with Crippen LogP contribution in [0, 0.1) is 13.8 Å². The number of carbonyl (C=O) groups is 3. The second-order valence-corrected chi connectivity index (χ2v) is 7.49. The average molecular weight is 428 g/mol. The number of nitrogens with one attached hydrogen (secondary N) is 2. The zero-order valence-corrected chi connectivity index (χ0v) is 17.2. The van der Waals surface area contributed by atoms with Gasteiger partial charge in [-0.15, -0.1) is 11.3 Å². The maximum atomic E-state index is 12.2. The summed E-state index contributed by atoms with van der Waals surface area (Å²) in [6.07, 6.45) is 1.26. The number of imide groups is 1. The zero-order chi connectivity index (χ0) is 21.7. The predicted octanol–water partition coefficient (Wildman–Crippen LogP) is 2.36. The minimum atomic E-state index is -0.761. The SMILES string of the molecule is Cc1ccc(NC(=O)NC(=O)COC(=O)CCn2cnc3sccc3c2=O)cc1C. The van der Waals surface area contributed by atoms with Crippen molar-refractivity contribution in [2.45, 2.75) is 26.8 Å². The minimum Gasteiger partial charge on any atom is -0.456 e. The van der Waals surface area contributed by atoms with E-state index >= 15 is 0 Å². The molecule has 30 heavy (non-hydrogen) atoms. The standard InChI is InChI=1S/C20H20N4O5S/c1-12-3-4-14(9-13(12)2)22-20(28)23-16(25)10-29-17(26)5-7-24-11-21-18-15(19(24)27)6-8-30-18/h3-4,6,8-9,11H,5,7,10H2,1-2H3,(H2,22,23,25,28). The quantitative estimate of drug-likeness (QED) is 0.582. The zero-order valence-electron chi connectivity index (χ0n) is 16.4. The van der Waals surface area contributed by atoms with Crippen molar-refractivity contribution in [1.82, 2.24) is 14.9 Å². The van der Waals surface area contributed by atoms with Gasteiger partial charge in [0.05, 0.1) is 18.1 Å². The lowest BCUT2D eigenvalue weighted by molar-refractivity contribution is -0.148. The molecule has 0 bridgehead atoms. The first-order valence-electron chi connectivity index (χ1n) is 9.10. The van der Waals surface area contributed by atoms with Gasteiger partial charge in [-0.1, -0.05) is 6.07 Å². The van der Waals surface area contributed by atoms with Crippen LogP contribution < -0.4 is 16.2 Å². The van der Waals surface area contributed by atoms with Crippen LogP contribution in [-0.2, 0) is 20.9 Å². The fraction of sp³-hybridized carbons (Fsp3) is 0.250. The molecule has 0 spiro atoms. The molecule has 2 heterocycles. The molecule has 3 aromatic rings. The Labute approximate surface area is 175 Å². The number of urea groups is 1. The number of esters is 1. The molecule has 9 nitrogen and oxygen atoms in total. The lowest BCUT2D eigenvalue weighted by Gasteiger charge is -2.09. The summed E-state index contributed by atoms with van der Waals surface area (Å²) in [5, 5.41) is 6.89. The molecule has 0 saturated carbocycles. The fourth-order valence-electron chi connectivity index (χ4n) is 2.63. The minimum absolute atomic E-state index is 0.0747. The molecule has 0 unspecified atom stereocenters. The molecule has 2 aromatic heterocycles. The van der Waals surface area contributed by atoms with Gasteiger partial charge in [0, 0.05) is 12.2 Å². The Morgan fingerprint density at radius 3 is 2.73 bits per heavy atom. The third kappa shape index (κ3) is 5.29. The Morgan fingerprint density at radius 2 is 1.97 bits per heavy atom. The Bertz CT molecular complexity index is 1170. The second-order valence-electron chi connectivity index (χ2n) is 6.59. The molecule has 0 atom stereocenters. The van der Waals surface area contributed by atoms with E-state index in [9.17, 15) is 19.2 Å². The van der Waals surface area contributed by atoms with Crippen LogP contribution in [0.1, 0.15) is 17.5 Å². The summed E-state index contributed by atoms with van der Waals surface area (Å²) in [6.45, 7) is 3.33. The number of amides is 3. The van der Waals surface area contributed by atoms with Gasteiger partial charge in [0.1, 0.15) is 4.83 Å². The molecular formula is C20H20N4O5S. The number of thiophene rings is 1. The lowest BCUT2D eigenvalue weighted by atomic mass is 10.1. The molecule has 0 radical (unpaired) electrons. The normalized spacial score (nSPS) is 10.6. The monoisotopic (exact) mass is 428 g/mol. The largest absolute Gasteiger partial charge is 0.456 e. The van der Waals surface area contributed by atoms with Crippen LogP contribution >= 0.6 is 11.3 Å². The summed E-state index contributed by atoms with van der Waals surface area (Å²) in [5.74, 6) is -1.43.